The van der Waals surface area contributed by atoms with E-state index in [1.807, 2.05) is 30.5 Å². The number of imide groups is 1. The highest BCUT2D eigenvalue weighted by molar-refractivity contribution is 6.06. The Hall–Kier alpha value is -3.10. The quantitative estimate of drug-likeness (QED) is 0.718. The van der Waals surface area contributed by atoms with Crippen LogP contribution in [-0.2, 0) is 22.7 Å². The van der Waals surface area contributed by atoms with Crippen LogP contribution < -0.4 is 10.6 Å². The standard InChI is InChI=1S/C23H25N5O3/c29-20-7-6-18(22(30)26-20)28-14-17-4-1-3-16(21(17)23(28)31)13-27-10-9-25-12-19(27)15-5-2-8-24-11-15/h1-5,8,11,18-19,25H,6-7,9-10,12-14H2,(H,26,29,30). The molecule has 2 fully saturated rings. The summed E-state index contributed by atoms with van der Waals surface area (Å²) in [6, 6.07) is 9.57. The van der Waals surface area contributed by atoms with Gasteiger partial charge in [0.05, 0.1) is 0 Å². The first-order valence-electron chi connectivity index (χ1n) is 10.7. The highest BCUT2D eigenvalue weighted by atomic mass is 16.2. The van der Waals surface area contributed by atoms with Crippen LogP contribution >= 0.6 is 0 Å². The van der Waals surface area contributed by atoms with Crippen LogP contribution in [0, 0.1) is 0 Å². The Balaban J connectivity index is 1.40. The third-order valence-electron chi connectivity index (χ3n) is 6.44. The molecule has 2 atom stereocenters. The van der Waals surface area contributed by atoms with Crippen LogP contribution in [0.25, 0.3) is 0 Å². The summed E-state index contributed by atoms with van der Waals surface area (Å²) in [6.07, 6.45) is 4.31. The average Bonchev–Trinajstić information content (AvgIpc) is 3.12. The Labute approximate surface area is 180 Å². The molecule has 2 saturated heterocycles. The van der Waals surface area contributed by atoms with E-state index in [0.717, 1.165) is 36.3 Å². The van der Waals surface area contributed by atoms with E-state index in [9.17, 15) is 14.4 Å². The minimum Gasteiger partial charge on any atom is -0.322 e. The number of nitrogens with zero attached hydrogens (tertiary/aromatic N) is 3. The zero-order chi connectivity index (χ0) is 21.4. The molecule has 0 bridgehead atoms. The van der Waals surface area contributed by atoms with Gasteiger partial charge in [0.25, 0.3) is 5.91 Å². The van der Waals surface area contributed by atoms with Gasteiger partial charge in [-0.05, 0) is 29.2 Å². The van der Waals surface area contributed by atoms with Crippen molar-refractivity contribution >= 4 is 17.7 Å². The van der Waals surface area contributed by atoms with Crippen LogP contribution in [0.5, 0.6) is 0 Å². The zero-order valence-electron chi connectivity index (χ0n) is 17.2. The third kappa shape index (κ3) is 3.73. The molecule has 8 nitrogen and oxygen atoms in total. The van der Waals surface area contributed by atoms with E-state index in [1.165, 1.54) is 0 Å². The molecule has 3 aliphatic heterocycles. The monoisotopic (exact) mass is 419 g/mol. The number of carbonyl (C=O) groups excluding carboxylic acids is 3. The molecule has 3 amide bonds. The largest absolute Gasteiger partial charge is 0.322 e. The smallest absolute Gasteiger partial charge is 0.255 e. The van der Waals surface area contributed by atoms with Gasteiger partial charge in [-0.15, -0.1) is 0 Å². The predicted molar refractivity (Wildman–Crippen MR) is 113 cm³/mol. The normalized spacial score (nSPS) is 24.3. The van der Waals surface area contributed by atoms with Gasteiger partial charge < -0.3 is 10.2 Å². The fourth-order valence-electron chi connectivity index (χ4n) is 4.88. The molecule has 160 valence electrons. The molecule has 5 rings (SSSR count). The lowest BCUT2D eigenvalue weighted by Crippen LogP contribution is -2.52. The number of hydrogen-bond acceptors (Lipinski definition) is 6. The summed E-state index contributed by atoms with van der Waals surface area (Å²) in [6.45, 7) is 3.65. The topological polar surface area (TPSA) is 94.6 Å². The van der Waals surface area contributed by atoms with E-state index in [-0.39, 0.29) is 30.2 Å². The van der Waals surface area contributed by atoms with E-state index in [1.54, 1.807) is 11.1 Å². The highest BCUT2D eigenvalue weighted by Gasteiger charge is 2.40. The molecule has 0 saturated carbocycles. The Morgan fingerprint density at radius 2 is 2.00 bits per heavy atom. The van der Waals surface area contributed by atoms with Gasteiger partial charge in [-0.25, -0.2) is 0 Å². The maximum Gasteiger partial charge on any atom is 0.255 e. The lowest BCUT2D eigenvalue weighted by Gasteiger charge is -2.36. The number of carbonyl (C=O) groups is 3. The number of benzene rings is 1. The van der Waals surface area contributed by atoms with Crippen LogP contribution in [0.4, 0.5) is 0 Å². The Morgan fingerprint density at radius 3 is 2.81 bits per heavy atom. The van der Waals surface area contributed by atoms with Crippen molar-refractivity contribution in [3.05, 3.63) is 65.0 Å². The van der Waals surface area contributed by atoms with E-state index >= 15 is 0 Å². The molecule has 3 aliphatic rings. The van der Waals surface area contributed by atoms with Gasteiger partial charge in [-0.1, -0.05) is 24.3 Å². The van der Waals surface area contributed by atoms with Gasteiger partial charge in [0.1, 0.15) is 6.04 Å². The summed E-state index contributed by atoms with van der Waals surface area (Å²) in [7, 11) is 0. The van der Waals surface area contributed by atoms with Crippen molar-refractivity contribution < 1.29 is 14.4 Å². The van der Waals surface area contributed by atoms with Crippen molar-refractivity contribution in [2.75, 3.05) is 19.6 Å². The van der Waals surface area contributed by atoms with Gasteiger partial charge in [-0.2, -0.15) is 0 Å². The summed E-state index contributed by atoms with van der Waals surface area (Å²) in [5.41, 5.74) is 3.78. The number of nitrogens with one attached hydrogen (secondary N) is 2. The zero-order valence-corrected chi connectivity index (χ0v) is 17.2. The first-order valence-corrected chi connectivity index (χ1v) is 10.7. The molecule has 8 heteroatoms. The molecule has 0 radical (unpaired) electrons. The second-order valence-electron chi connectivity index (χ2n) is 8.33. The summed E-state index contributed by atoms with van der Waals surface area (Å²) < 4.78 is 0. The Bertz CT molecular complexity index is 1030. The van der Waals surface area contributed by atoms with Crippen molar-refractivity contribution in [2.24, 2.45) is 0 Å². The fraction of sp³-hybridized carbons (Fsp3) is 0.391. The van der Waals surface area contributed by atoms with Gasteiger partial charge in [0.15, 0.2) is 0 Å². The van der Waals surface area contributed by atoms with Gasteiger partial charge in [0, 0.05) is 63.1 Å². The molecule has 2 unspecified atom stereocenters. The van der Waals surface area contributed by atoms with E-state index in [2.05, 4.69) is 26.6 Å². The minimum absolute atomic E-state index is 0.117. The van der Waals surface area contributed by atoms with Crippen molar-refractivity contribution in [3.8, 4) is 0 Å². The van der Waals surface area contributed by atoms with E-state index in [4.69, 9.17) is 0 Å². The number of hydrogen-bond donors (Lipinski definition) is 2. The minimum atomic E-state index is -0.590. The first-order chi connectivity index (χ1) is 15.1. The van der Waals surface area contributed by atoms with Crippen LogP contribution in [0.15, 0.2) is 42.7 Å². The number of piperidine rings is 1. The molecule has 2 aromatic rings. The molecule has 31 heavy (non-hydrogen) atoms. The summed E-state index contributed by atoms with van der Waals surface area (Å²) >= 11 is 0. The average molecular weight is 419 g/mol. The highest BCUT2D eigenvalue weighted by Crippen LogP contribution is 2.32. The summed E-state index contributed by atoms with van der Waals surface area (Å²) in [4.78, 5) is 45.5. The van der Waals surface area contributed by atoms with Crippen molar-refractivity contribution in [3.63, 3.8) is 0 Å². The van der Waals surface area contributed by atoms with Crippen LogP contribution in [0.1, 0.15) is 45.9 Å². The lowest BCUT2D eigenvalue weighted by atomic mass is 9.99. The van der Waals surface area contributed by atoms with Crippen molar-refractivity contribution in [2.45, 2.75) is 38.0 Å². The van der Waals surface area contributed by atoms with Crippen molar-refractivity contribution in [1.29, 1.82) is 0 Å². The van der Waals surface area contributed by atoms with Crippen LogP contribution in [-0.4, -0.2) is 58.2 Å². The molecule has 4 heterocycles. The second-order valence-corrected chi connectivity index (χ2v) is 8.33. The first kappa shape index (κ1) is 19.8. The number of rotatable bonds is 4. The summed E-state index contributed by atoms with van der Waals surface area (Å²) in [5.74, 6) is -0.767. The van der Waals surface area contributed by atoms with Gasteiger partial charge >= 0.3 is 0 Å². The maximum absolute atomic E-state index is 13.4. The molecular weight excluding hydrogens is 394 g/mol. The fourth-order valence-corrected chi connectivity index (χ4v) is 4.88. The number of piperazine rings is 1. The summed E-state index contributed by atoms with van der Waals surface area (Å²) in [5, 5.41) is 5.82. The maximum atomic E-state index is 13.4. The molecule has 1 aromatic heterocycles. The third-order valence-corrected chi connectivity index (χ3v) is 6.44. The molecular formula is C23H25N5O3. The molecule has 0 aliphatic carbocycles. The predicted octanol–water partition coefficient (Wildman–Crippen LogP) is 0.989. The van der Waals surface area contributed by atoms with Gasteiger partial charge in [-0.3, -0.25) is 29.6 Å². The van der Waals surface area contributed by atoms with E-state index in [0.29, 0.717) is 25.1 Å². The number of pyridine rings is 1. The van der Waals surface area contributed by atoms with Crippen LogP contribution in [0.3, 0.4) is 0 Å². The van der Waals surface area contributed by atoms with Crippen molar-refractivity contribution in [1.82, 2.24) is 25.4 Å². The SMILES string of the molecule is O=C1CCC(N2Cc3cccc(CN4CCNCC4c4cccnc4)c3C2=O)C(=O)N1. The Morgan fingerprint density at radius 1 is 1.10 bits per heavy atom. The number of amides is 3. The number of aromatic nitrogens is 1. The van der Waals surface area contributed by atoms with Crippen LogP contribution in [0.2, 0.25) is 0 Å². The van der Waals surface area contributed by atoms with E-state index < -0.39 is 6.04 Å². The number of fused-ring (bicyclic) bond motifs is 1. The molecule has 2 N–H and O–H groups in total. The lowest BCUT2D eigenvalue weighted by molar-refractivity contribution is -0.136. The van der Waals surface area contributed by atoms with Gasteiger partial charge in [0.2, 0.25) is 11.8 Å². The Kier molecular flexibility index (Phi) is 5.25. The molecule has 0 spiro atoms. The second kappa shape index (κ2) is 8.20. The molecule has 1 aromatic carbocycles.